The highest BCUT2D eigenvalue weighted by Crippen LogP contribution is 2.30. The first-order valence-corrected chi connectivity index (χ1v) is 12.9. The van der Waals surface area contributed by atoms with E-state index in [1.54, 1.807) is 29.4 Å². The van der Waals surface area contributed by atoms with E-state index >= 15 is 0 Å². The smallest absolute Gasteiger partial charge is 0.276 e. The number of benzene rings is 2. The summed E-state index contributed by atoms with van der Waals surface area (Å²) in [5.41, 5.74) is 5.08. The number of likely N-dealkylation sites (tertiary alicyclic amines) is 1. The fourth-order valence-electron chi connectivity index (χ4n) is 4.73. The van der Waals surface area contributed by atoms with Crippen molar-refractivity contribution in [2.75, 3.05) is 18.4 Å². The number of hydrogen-bond acceptors (Lipinski definition) is 6. The summed E-state index contributed by atoms with van der Waals surface area (Å²) in [4.78, 5) is 23.5. The van der Waals surface area contributed by atoms with E-state index in [1.807, 2.05) is 55.5 Å². The number of carbonyl (C=O) groups is 1. The van der Waals surface area contributed by atoms with E-state index in [2.05, 4.69) is 25.5 Å². The van der Waals surface area contributed by atoms with Crippen LogP contribution in [0.2, 0.25) is 0 Å². The molecule has 2 N–H and O–H groups in total. The van der Waals surface area contributed by atoms with Crippen molar-refractivity contribution in [1.82, 2.24) is 25.1 Å². The van der Waals surface area contributed by atoms with E-state index in [4.69, 9.17) is 4.74 Å². The lowest BCUT2D eigenvalue weighted by atomic mass is 10.0. The second kappa shape index (κ2) is 10.5. The first-order chi connectivity index (χ1) is 19.3. The van der Waals surface area contributed by atoms with Crippen LogP contribution in [0, 0.1) is 6.92 Å². The van der Waals surface area contributed by atoms with Gasteiger partial charge in [-0.3, -0.25) is 19.8 Å². The average molecular weight is 541 g/mol. The maximum absolute atomic E-state index is 13.6. The summed E-state index contributed by atoms with van der Waals surface area (Å²) in [5, 5.41) is 10.6. The first-order valence-electron chi connectivity index (χ1n) is 12.9. The molecule has 1 aliphatic rings. The van der Waals surface area contributed by atoms with Crippen molar-refractivity contribution in [3.05, 3.63) is 96.1 Å². The topological polar surface area (TPSA) is 96.0 Å². The molecule has 202 valence electrons. The number of nitrogens with zero attached hydrogens (tertiary/aromatic N) is 4. The molecule has 1 aliphatic heterocycles. The number of hydrogen-bond donors (Lipinski definition) is 2. The van der Waals surface area contributed by atoms with Crippen LogP contribution in [-0.2, 0) is 6.54 Å². The largest absolute Gasteiger partial charge is 0.439 e. The molecule has 6 rings (SSSR count). The molecule has 40 heavy (non-hydrogen) atoms. The molecule has 2 aromatic carbocycles. The Labute approximate surface area is 229 Å². The van der Waals surface area contributed by atoms with E-state index < -0.39 is 5.92 Å². The number of halogens is 2. The zero-order valence-electron chi connectivity index (χ0n) is 21.7. The number of pyridine rings is 2. The molecular weight excluding hydrogens is 514 g/mol. The number of alkyl halides is 2. The van der Waals surface area contributed by atoms with Gasteiger partial charge >= 0.3 is 0 Å². The van der Waals surface area contributed by atoms with Crippen molar-refractivity contribution in [3.8, 4) is 22.8 Å². The molecule has 1 amide bonds. The van der Waals surface area contributed by atoms with Gasteiger partial charge in [-0.15, -0.1) is 0 Å². The number of rotatable bonds is 7. The third-order valence-corrected chi connectivity index (χ3v) is 6.80. The minimum Gasteiger partial charge on any atom is -0.439 e. The van der Waals surface area contributed by atoms with Crippen LogP contribution in [-0.4, -0.2) is 50.0 Å². The van der Waals surface area contributed by atoms with Crippen molar-refractivity contribution < 1.29 is 18.3 Å². The predicted molar refractivity (Wildman–Crippen MR) is 148 cm³/mol. The molecule has 0 spiro atoms. The highest BCUT2D eigenvalue weighted by Gasteiger charge is 2.37. The van der Waals surface area contributed by atoms with Crippen LogP contribution in [0.3, 0.4) is 0 Å². The summed E-state index contributed by atoms with van der Waals surface area (Å²) in [6.45, 7) is 2.52. The highest BCUT2D eigenvalue weighted by molar-refractivity contribution is 6.11. The summed E-state index contributed by atoms with van der Waals surface area (Å²) in [7, 11) is 0. The van der Waals surface area contributed by atoms with Gasteiger partial charge in [-0.1, -0.05) is 23.8 Å². The van der Waals surface area contributed by atoms with Crippen molar-refractivity contribution in [3.63, 3.8) is 0 Å². The number of H-pyrrole nitrogens is 1. The standard InChI is InChI=1S/C30H26F2N6O2/c1-19-2-6-24(7-3-19)40-27-9-5-23(16-34-27)35-29(39)28-25-13-21(4-8-26(25)36-37-28)22-12-20(14-33-15-22)17-38-11-10-30(31,32)18-38/h2-9,12-16H,10-11,17-18H2,1H3,(H,35,39)(H,36,37). The van der Waals surface area contributed by atoms with Gasteiger partial charge in [-0.25, -0.2) is 13.8 Å². The molecule has 5 aromatic rings. The molecule has 0 unspecified atom stereocenters. The fourth-order valence-corrected chi connectivity index (χ4v) is 4.73. The third kappa shape index (κ3) is 5.67. The lowest BCUT2D eigenvalue weighted by Gasteiger charge is -2.15. The van der Waals surface area contributed by atoms with Crippen LogP contribution < -0.4 is 10.1 Å². The molecule has 4 heterocycles. The zero-order valence-corrected chi connectivity index (χ0v) is 21.7. The number of aryl methyl sites for hydroxylation is 1. The van der Waals surface area contributed by atoms with Gasteiger partial charge in [0.1, 0.15) is 5.75 Å². The Balaban J connectivity index is 1.17. The maximum atomic E-state index is 13.6. The first kappa shape index (κ1) is 25.6. The zero-order chi connectivity index (χ0) is 27.7. The molecule has 3 aromatic heterocycles. The number of fused-ring (bicyclic) bond motifs is 1. The quantitative estimate of drug-likeness (QED) is 0.255. The van der Waals surface area contributed by atoms with Crippen LogP contribution in [0.1, 0.15) is 28.0 Å². The van der Waals surface area contributed by atoms with Crippen molar-refractivity contribution in [2.45, 2.75) is 25.8 Å². The molecular formula is C30H26F2N6O2. The number of aromatic amines is 1. The van der Waals surface area contributed by atoms with Gasteiger partial charge in [0, 0.05) is 48.9 Å². The van der Waals surface area contributed by atoms with E-state index in [9.17, 15) is 13.6 Å². The number of anilines is 1. The minimum atomic E-state index is -2.64. The van der Waals surface area contributed by atoms with Gasteiger partial charge < -0.3 is 10.1 Å². The van der Waals surface area contributed by atoms with Crippen LogP contribution in [0.25, 0.3) is 22.0 Å². The van der Waals surface area contributed by atoms with Crippen molar-refractivity contribution in [1.29, 1.82) is 0 Å². The molecule has 1 saturated heterocycles. The number of ether oxygens (including phenoxy) is 1. The minimum absolute atomic E-state index is 0.121. The SMILES string of the molecule is Cc1ccc(Oc2ccc(NC(=O)c3n[nH]c4ccc(-c5cncc(CN6CCC(F)(F)C6)c5)cc34)cn2)cc1. The van der Waals surface area contributed by atoms with Gasteiger partial charge in [0.05, 0.1) is 23.9 Å². The predicted octanol–water partition coefficient (Wildman–Crippen LogP) is 6.21. The van der Waals surface area contributed by atoms with E-state index in [0.717, 1.165) is 22.3 Å². The van der Waals surface area contributed by atoms with Gasteiger partial charge in [-0.05, 0) is 54.4 Å². The van der Waals surface area contributed by atoms with E-state index in [1.165, 1.54) is 6.20 Å². The molecule has 1 fully saturated rings. The Bertz CT molecular complexity index is 1670. The Morgan fingerprint density at radius 3 is 2.65 bits per heavy atom. The van der Waals surface area contributed by atoms with Gasteiger partial charge in [0.25, 0.3) is 11.8 Å². The van der Waals surface area contributed by atoms with Gasteiger partial charge in [0.15, 0.2) is 5.69 Å². The highest BCUT2D eigenvalue weighted by atomic mass is 19.3. The Kier molecular flexibility index (Phi) is 6.69. The summed E-state index contributed by atoms with van der Waals surface area (Å²) in [6, 6.07) is 18.6. The lowest BCUT2D eigenvalue weighted by molar-refractivity contribution is 0.0115. The maximum Gasteiger partial charge on any atom is 0.276 e. The Hall–Kier alpha value is -4.70. The monoisotopic (exact) mass is 540 g/mol. The second-order valence-electron chi connectivity index (χ2n) is 9.99. The lowest BCUT2D eigenvalue weighted by Crippen LogP contribution is -2.24. The van der Waals surface area contributed by atoms with Gasteiger partial charge in [0.2, 0.25) is 5.88 Å². The molecule has 0 atom stereocenters. The Morgan fingerprint density at radius 1 is 1.05 bits per heavy atom. The summed E-state index contributed by atoms with van der Waals surface area (Å²) >= 11 is 0. The molecule has 8 nitrogen and oxygen atoms in total. The number of aromatic nitrogens is 4. The summed E-state index contributed by atoms with van der Waals surface area (Å²) in [6.07, 6.45) is 4.81. The third-order valence-electron chi connectivity index (χ3n) is 6.80. The van der Waals surface area contributed by atoms with Crippen molar-refractivity contribution >= 4 is 22.5 Å². The van der Waals surface area contributed by atoms with Crippen molar-refractivity contribution in [2.24, 2.45) is 0 Å². The average Bonchev–Trinajstić information content (AvgIpc) is 3.53. The van der Waals surface area contributed by atoms with Gasteiger partial charge in [-0.2, -0.15) is 5.10 Å². The second-order valence-corrected chi connectivity index (χ2v) is 9.99. The molecule has 0 aliphatic carbocycles. The number of carbonyl (C=O) groups excluding carboxylic acids is 1. The van der Waals surface area contributed by atoms with Crippen LogP contribution >= 0.6 is 0 Å². The summed E-state index contributed by atoms with van der Waals surface area (Å²) < 4.78 is 33.0. The van der Waals surface area contributed by atoms with E-state index in [0.29, 0.717) is 41.3 Å². The Morgan fingerprint density at radius 2 is 1.90 bits per heavy atom. The van der Waals surface area contributed by atoms with Crippen LogP contribution in [0.5, 0.6) is 11.6 Å². The van der Waals surface area contributed by atoms with E-state index in [-0.39, 0.29) is 24.6 Å². The van der Waals surface area contributed by atoms with Crippen LogP contribution in [0.15, 0.2) is 79.3 Å². The molecule has 10 heteroatoms. The normalized spacial score (nSPS) is 14.9. The molecule has 0 saturated carbocycles. The number of nitrogens with one attached hydrogen (secondary N) is 2. The fraction of sp³-hybridized carbons (Fsp3) is 0.200. The molecule has 0 bridgehead atoms. The number of amides is 1. The molecule has 0 radical (unpaired) electrons. The summed E-state index contributed by atoms with van der Waals surface area (Å²) in [5.74, 6) is -1.95. The van der Waals surface area contributed by atoms with Crippen LogP contribution in [0.4, 0.5) is 14.5 Å².